The van der Waals surface area contributed by atoms with E-state index in [9.17, 15) is 0 Å². The Kier molecular flexibility index (Phi) is 5.51. The van der Waals surface area contributed by atoms with Crippen molar-refractivity contribution in [2.45, 2.75) is 32.8 Å². The fraction of sp³-hybridized carbons (Fsp3) is 0.538. The predicted molar refractivity (Wildman–Crippen MR) is 84.0 cm³/mol. The predicted octanol–water partition coefficient (Wildman–Crippen LogP) is 2.59. The van der Waals surface area contributed by atoms with E-state index in [0.717, 1.165) is 42.0 Å². The van der Waals surface area contributed by atoms with Crippen molar-refractivity contribution in [2.75, 3.05) is 23.9 Å². The summed E-state index contributed by atoms with van der Waals surface area (Å²) in [6.07, 6.45) is 2.37. The molecule has 4 N–H and O–H groups in total. The van der Waals surface area contributed by atoms with E-state index in [-0.39, 0.29) is 0 Å². The molecule has 2 heterocycles. The maximum atomic E-state index is 5.51. The quantitative estimate of drug-likeness (QED) is 0.394. The van der Waals surface area contributed by atoms with Crippen molar-refractivity contribution in [1.82, 2.24) is 9.97 Å². The van der Waals surface area contributed by atoms with Crippen LogP contribution in [-0.2, 0) is 4.74 Å². The number of nitrogens with zero attached hydrogens (tertiary/aromatic N) is 2. The Morgan fingerprint density at radius 1 is 1.35 bits per heavy atom. The minimum atomic E-state index is 0.299. The van der Waals surface area contributed by atoms with Crippen molar-refractivity contribution < 1.29 is 4.74 Å². The second-order valence-electron chi connectivity index (χ2n) is 4.73. The SMILES string of the molecule is CC(C)OCCCCNc1nc(NN)nc2sccc12. The topological polar surface area (TPSA) is 85.1 Å². The molecular weight excluding hydrogens is 274 g/mol. The molecule has 0 aliphatic rings. The van der Waals surface area contributed by atoms with Gasteiger partial charge in [-0.1, -0.05) is 0 Å². The number of rotatable bonds is 8. The number of unbranched alkanes of at least 4 members (excludes halogenated alkanes) is 1. The second-order valence-corrected chi connectivity index (χ2v) is 5.63. The molecule has 0 aromatic carbocycles. The highest BCUT2D eigenvalue weighted by molar-refractivity contribution is 7.16. The average Bonchev–Trinajstić information content (AvgIpc) is 2.90. The van der Waals surface area contributed by atoms with E-state index in [2.05, 4.69) is 20.7 Å². The van der Waals surface area contributed by atoms with Gasteiger partial charge in [-0.15, -0.1) is 11.3 Å². The van der Waals surface area contributed by atoms with Gasteiger partial charge in [-0.05, 0) is 38.1 Å². The summed E-state index contributed by atoms with van der Waals surface area (Å²) < 4.78 is 5.51. The van der Waals surface area contributed by atoms with E-state index in [1.807, 2.05) is 25.3 Å². The molecule has 6 nitrogen and oxygen atoms in total. The molecule has 2 aromatic heterocycles. The Morgan fingerprint density at radius 3 is 2.95 bits per heavy atom. The summed E-state index contributed by atoms with van der Waals surface area (Å²) in [5.74, 6) is 6.65. The first-order chi connectivity index (χ1) is 9.70. The van der Waals surface area contributed by atoms with Crippen LogP contribution in [-0.4, -0.2) is 29.2 Å². The van der Waals surface area contributed by atoms with Gasteiger partial charge < -0.3 is 10.1 Å². The van der Waals surface area contributed by atoms with Crippen molar-refractivity contribution in [3.05, 3.63) is 11.4 Å². The third-order valence-corrected chi connectivity index (χ3v) is 3.58. The van der Waals surface area contributed by atoms with Gasteiger partial charge in [0.25, 0.3) is 0 Å². The Morgan fingerprint density at radius 2 is 2.20 bits per heavy atom. The molecule has 0 aliphatic carbocycles. The summed E-state index contributed by atoms with van der Waals surface area (Å²) >= 11 is 1.57. The zero-order chi connectivity index (χ0) is 14.4. The fourth-order valence-corrected chi connectivity index (χ4v) is 2.57. The number of ether oxygens (including phenoxy) is 1. The molecule has 7 heteroatoms. The number of nitrogens with one attached hydrogen (secondary N) is 2. The molecule has 2 rings (SSSR count). The standard InChI is InChI=1S/C13H21N5OS/c1-9(2)19-7-4-3-6-15-11-10-5-8-20-12(10)17-13(16-11)18-14/h5,8-9H,3-4,6-7,14H2,1-2H3,(H2,15,16,17,18). The number of hydrogen-bond acceptors (Lipinski definition) is 7. The molecular formula is C13H21N5OS. The first-order valence-electron chi connectivity index (χ1n) is 6.78. The first kappa shape index (κ1) is 15.0. The zero-order valence-corrected chi connectivity index (χ0v) is 12.7. The summed E-state index contributed by atoms with van der Waals surface area (Å²) in [6, 6.07) is 2.02. The molecule has 0 fully saturated rings. The van der Waals surface area contributed by atoms with Gasteiger partial charge in [-0.2, -0.15) is 4.98 Å². The first-order valence-corrected chi connectivity index (χ1v) is 7.66. The monoisotopic (exact) mass is 295 g/mol. The van der Waals surface area contributed by atoms with Crippen molar-refractivity contribution in [1.29, 1.82) is 0 Å². The Labute approximate surface area is 122 Å². The molecule has 0 saturated carbocycles. The van der Waals surface area contributed by atoms with E-state index in [1.54, 1.807) is 11.3 Å². The maximum absolute atomic E-state index is 5.51. The highest BCUT2D eigenvalue weighted by atomic mass is 32.1. The number of hydrazine groups is 1. The zero-order valence-electron chi connectivity index (χ0n) is 11.8. The summed E-state index contributed by atoms with van der Waals surface area (Å²) in [6.45, 7) is 5.75. The van der Waals surface area contributed by atoms with Gasteiger partial charge in [-0.25, -0.2) is 10.8 Å². The van der Waals surface area contributed by atoms with Crippen LogP contribution in [0.5, 0.6) is 0 Å². The van der Waals surface area contributed by atoms with Gasteiger partial charge >= 0.3 is 0 Å². The average molecular weight is 295 g/mol. The molecule has 20 heavy (non-hydrogen) atoms. The lowest BCUT2D eigenvalue weighted by molar-refractivity contribution is 0.0765. The van der Waals surface area contributed by atoms with Gasteiger partial charge in [0, 0.05) is 13.2 Å². The molecule has 0 saturated heterocycles. The van der Waals surface area contributed by atoms with Crippen LogP contribution in [0.25, 0.3) is 10.2 Å². The van der Waals surface area contributed by atoms with Crippen LogP contribution in [0.3, 0.4) is 0 Å². The number of anilines is 2. The molecule has 2 aromatic rings. The molecule has 110 valence electrons. The van der Waals surface area contributed by atoms with Crippen LogP contribution in [0, 0.1) is 0 Å². The van der Waals surface area contributed by atoms with Gasteiger partial charge in [0.2, 0.25) is 5.95 Å². The molecule has 0 radical (unpaired) electrons. The summed E-state index contributed by atoms with van der Waals surface area (Å²) in [5.41, 5.74) is 2.50. The lowest BCUT2D eigenvalue weighted by Gasteiger charge is -2.09. The highest BCUT2D eigenvalue weighted by Crippen LogP contribution is 2.26. The number of nitrogens with two attached hydrogens (primary N) is 1. The van der Waals surface area contributed by atoms with Gasteiger partial charge in [0.15, 0.2) is 0 Å². The van der Waals surface area contributed by atoms with E-state index in [0.29, 0.717) is 12.1 Å². The van der Waals surface area contributed by atoms with Crippen molar-refractivity contribution >= 4 is 33.3 Å². The van der Waals surface area contributed by atoms with Crippen molar-refractivity contribution in [3.63, 3.8) is 0 Å². The minimum Gasteiger partial charge on any atom is -0.379 e. The normalized spacial score (nSPS) is 11.2. The molecule has 0 bridgehead atoms. The highest BCUT2D eigenvalue weighted by Gasteiger charge is 2.07. The molecule has 0 amide bonds. The summed E-state index contributed by atoms with van der Waals surface area (Å²) in [4.78, 5) is 9.59. The smallest absolute Gasteiger partial charge is 0.240 e. The molecule has 0 unspecified atom stereocenters. The third kappa shape index (κ3) is 4.03. The second kappa shape index (κ2) is 7.37. The van der Waals surface area contributed by atoms with E-state index >= 15 is 0 Å². The van der Waals surface area contributed by atoms with Crippen LogP contribution in [0.2, 0.25) is 0 Å². The summed E-state index contributed by atoms with van der Waals surface area (Å²) in [7, 11) is 0. The van der Waals surface area contributed by atoms with E-state index in [4.69, 9.17) is 10.6 Å². The van der Waals surface area contributed by atoms with Crippen molar-refractivity contribution in [3.8, 4) is 0 Å². The third-order valence-electron chi connectivity index (χ3n) is 2.77. The molecule has 0 atom stereocenters. The van der Waals surface area contributed by atoms with Crippen LogP contribution in [0.15, 0.2) is 11.4 Å². The van der Waals surface area contributed by atoms with Crippen LogP contribution < -0.4 is 16.6 Å². The summed E-state index contributed by atoms with van der Waals surface area (Å²) in [5, 5.41) is 6.38. The largest absolute Gasteiger partial charge is 0.379 e. The van der Waals surface area contributed by atoms with E-state index < -0.39 is 0 Å². The number of nitrogen functional groups attached to an aromatic ring is 1. The number of thiophene rings is 1. The minimum absolute atomic E-state index is 0.299. The lowest BCUT2D eigenvalue weighted by Crippen LogP contribution is -2.12. The van der Waals surface area contributed by atoms with Crippen LogP contribution >= 0.6 is 11.3 Å². The van der Waals surface area contributed by atoms with Crippen LogP contribution in [0.4, 0.5) is 11.8 Å². The Hall–Kier alpha value is -1.44. The number of fused-ring (bicyclic) bond motifs is 1. The molecule has 0 spiro atoms. The maximum Gasteiger partial charge on any atom is 0.240 e. The Bertz CT molecular complexity index is 543. The van der Waals surface area contributed by atoms with Crippen molar-refractivity contribution in [2.24, 2.45) is 5.84 Å². The number of aromatic nitrogens is 2. The van der Waals surface area contributed by atoms with Gasteiger partial charge in [0.1, 0.15) is 10.6 Å². The lowest BCUT2D eigenvalue weighted by atomic mass is 10.3. The fourth-order valence-electron chi connectivity index (χ4n) is 1.81. The number of hydrogen-bond donors (Lipinski definition) is 3. The Balaban J connectivity index is 1.87. The molecule has 0 aliphatic heterocycles. The van der Waals surface area contributed by atoms with E-state index in [1.165, 1.54) is 0 Å². The van der Waals surface area contributed by atoms with Gasteiger partial charge in [0.05, 0.1) is 11.5 Å². The van der Waals surface area contributed by atoms with Crippen LogP contribution in [0.1, 0.15) is 26.7 Å². The van der Waals surface area contributed by atoms with Gasteiger partial charge in [-0.3, -0.25) is 5.43 Å².